The number of hydrogen-bond acceptors (Lipinski definition) is 4. The lowest BCUT2D eigenvalue weighted by Gasteiger charge is -2.15. The summed E-state index contributed by atoms with van der Waals surface area (Å²) < 4.78 is 7.41. The van der Waals surface area contributed by atoms with Gasteiger partial charge in [-0.3, -0.25) is 9.36 Å². The Morgan fingerprint density at radius 3 is 2.96 bits per heavy atom. The van der Waals surface area contributed by atoms with Gasteiger partial charge in [0.25, 0.3) is 5.56 Å². The Hall–Kier alpha value is -2.82. The molecule has 0 amide bonds. The Kier molecular flexibility index (Phi) is 3.26. The Labute approximate surface area is 132 Å². The first-order valence-corrected chi connectivity index (χ1v) is 7.70. The number of fused-ring (bicyclic) bond motifs is 3. The van der Waals surface area contributed by atoms with E-state index >= 15 is 0 Å². The molecule has 0 saturated heterocycles. The third-order valence-corrected chi connectivity index (χ3v) is 4.13. The smallest absolute Gasteiger partial charge is 0.263 e. The van der Waals surface area contributed by atoms with Gasteiger partial charge in [0.1, 0.15) is 11.5 Å². The van der Waals surface area contributed by atoms with Gasteiger partial charge in [0.05, 0.1) is 23.2 Å². The van der Waals surface area contributed by atoms with Crippen LogP contribution < -0.4 is 10.3 Å². The normalized spacial score (nSPS) is 14.1. The first-order valence-electron chi connectivity index (χ1n) is 7.70. The third kappa shape index (κ3) is 2.25. The summed E-state index contributed by atoms with van der Waals surface area (Å²) in [6, 6.07) is 10.4. The van der Waals surface area contributed by atoms with Crippen molar-refractivity contribution in [2.75, 3.05) is 6.61 Å². The molecule has 0 spiro atoms. The van der Waals surface area contributed by atoms with Gasteiger partial charge in [-0.15, -0.1) is 0 Å². The molecule has 0 radical (unpaired) electrons. The molecule has 1 aromatic carbocycles. The van der Waals surface area contributed by atoms with Gasteiger partial charge in [0.15, 0.2) is 5.65 Å². The Bertz CT molecular complexity index is 947. The molecule has 0 atom stereocenters. The van der Waals surface area contributed by atoms with Crippen LogP contribution in [0.2, 0.25) is 0 Å². The van der Waals surface area contributed by atoms with E-state index in [1.165, 1.54) is 0 Å². The van der Waals surface area contributed by atoms with Crippen molar-refractivity contribution in [3.8, 4) is 17.2 Å². The fraction of sp³-hybridized carbons (Fsp3) is 0.222. The van der Waals surface area contributed by atoms with Crippen LogP contribution in [0.4, 0.5) is 0 Å². The first-order chi connectivity index (χ1) is 11.3. The minimum atomic E-state index is -0.126. The van der Waals surface area contributed by atoms with Crippen LogP contribution in [-0.4, -0.2) is 21.3 Å². The zero-order chi connectivity index (χ0) is 15.8. The van der Waals surface area contributed by atoms with Crippen molar-refractivity contribution in [2.24, 2.45) is 0 Å². The van der Waals surface area contributed by atoms with Crippen molar-refractivity contribution in [3.63, 3.8) is 0 Å². The minimum Gasteiger partial charge on any atom is -0.508 e. The summed E-state index contributed by atoms with van der Waals surface area (Å²) in [6.45, 7) is 0.618. The molecule has 0 bridgehead atoms. The SMILES string of the molecule is O=c1c2c(c3cccnc3n1-c1cccc(O)c1)OCCCC2. The molecule has 2 aromatic heterocycles. The molecule has 3 heterocycles. The van der Waals surface area contributed by atoms with Gasteiger partial charge >= 0.3 is 0 Å². The maximum absolute atomic E-state index is 13.1. The maximum Gasteiger partial charge on any atom is 0.263 e. The Balaban J connectivity index is 2.12. The van der Waals surface area contributed by atoms with Gasteiger partial charge in [-0.1, -0.05) is 6.07 Å². The Morgan fingerprint density at radius 2 is 2.09 bits per heavy atom. The van der Waals surface area contributed by atoms with E-state index in [2.05, 4.69) is 4.98 Å². The minimum absolute atomic E-state index is 0.115. The molecule has 1 aliphatic heterocycles. The fourth-order valence-electron chi connectivity index (χ4n) is 3.08. The van der Waals surface area contributed by atoms with Crippen molar-refractivity contribution < 1.29 is 9.84 Å². The number of rotatable bonds is 1. The summed E-state index contributed by atoms with van der Waals surface area (Å²) in [6.07, 6.45) is 4.21. The van der Waals surface area contributed by atoms with Gasteiger partial charge < -0.3 is 9.84 Å². The largest absolute Gasteiger partial charge is 0.508 e. The van der Waals surface area contributed by atoms with Crippen LogP contribution >= 0.6 is 0 Å². The topological polar surface area (TPSA) is 64.4 Å². The van der Waals surface area contributed by atoms with E-state index in [0.717, 1.165) is 18.2 Å². The molecule has 5 nitrogen and oxygen atoms in total. The lowest BCUT2D eigenvalue weighted by atomic mass is 10.1. The highest BCUT2D eigenvalue weighted by Gasteiger charge is 2.21. The summed E-state index contributed by atoms with van der Waals surface area (Å²) in [5, 5.41) is 10.6. The molecule has 23 heavy (non-hydrogen) atoms. The molecule has 4 rings (SSSR count). The number of benzene rings is 1. The summed E-state index contributed by atoms with van der Waals surface area (Å²) in [7, 11) is 0. The van der Waals surface area contributed by atoms with Crippen molar-refractivity contribution >= 4 is 11.0 Å². The van der Waals surface area contributed by atoms with Gasteiger partial charge in [-0.05, 0) is 43.5 Å². The summed E-state index contributed by atoms with van der Waals surface area (Å²) >= 11 is 0. The molecule has 5 heteroatoms. The lowest BCUT2D eigenvalue weighted by molar-refractivity contribution is 0.320. The van der Waals surface area contributed by atoms with E-state index in [4.69, 9.17) is 4.74 Å². The molecular formula is C18H16N2O3. The molecule has 3 aromatic rings. The van der Waals surface area contributed by atoms with Gasteiger partial charge in [-0.2, -0.15) is 0 Å². The predicted octanol–water partition coefficient (Wildman–Crippen LogP) is 2.81. The van der Waals surface area contributed by atoms with Crippen molar-refractivity contribution in [1.29, 1.82) is 0 Å². The van der Waals surface area contributed by atoms with E-state index in [0.29, 0.717) is 35.7 Å². The van der Waals surface area contributed by atoms with Crippen LogP contribution in [0.1, 0.15) is 18.4 Å². The maximum atomic E-state index is 13.1. The number of phenolic OH excluding ortho intramolecular Hbond substituents is 1. The number of aromatic hydroxyl groups is 1. The standard InChI is InChI=1S/C18H16N2O3/c21-13-6-3-5-12(11-13)20-17-14(8-4-9-19-17)16-15(18(20)22)7-1-2-10-23-16/h3-6,8-9,11,21H,1-2,7,10H2. The van der Waals surface area contributed by atoms with E-state index in [9.17, 15) is 9.90 Å². The van der Waals surface area contributed by atoms with Crippen molar-refractivity contribution in [2.45, 2.75) is 19.3 Å². The second kappa shape index (κ2) is 5.43. The molecule has 0 saturated carbocycles. The molecular weight excluding hydrogens is 292 g/mol. The molecule has 0 aliphatic carbocycles. The average Bonchev–Trinajstić information content (AvgIpc) is 2.81. The second-order valence-electron chi connectivity index (χ2n) is 5.65. The highest BCUT2D eigenvalue weighted by atomic mass is 16.5. The highest BCUT2D eigenvalue weighted by Crippen LogP contribution is 2.31. The lowest BCUT2D eigenvalue weighted by Crippen LogP contribution is -2.24. The van der Waals surface area contributed by atoms with Gasteiger partial charge in [0.2, 0.25) is 0 Å². The first kappa shape index (κ1) is 13.8. The number of aromatic nitrogens is 2. The van der Waals surface area contributed by atoms with Crippen LogP contribution in [0.15, 0.2) is 47.4 Å². The Morgan fingerprint density at radius 1 is 1.17 bits per heavy atom. The number of hydrogen-bond donors (Lipinski definition) is 1. The summed E-state index contributed by atoms with van der Waals surface area (Å²) in [5.74, 6) is 0.775. The second-order valence-corrected chi connectivity index (χ2v) is 5.65. The van der Waals surface area contributed by atoms with E-state index in [1.54, 1.807) is 35.0 Å². The summed E-state index contributed by atoms with van der Waals surface area (Å²) in [5.41, 5.74) is 1.71. The summed E-state index contributed by atoms with van der Waals surface area (Å²) in [4.78, 5) is 17.4. The van der Waals surface area contributed by atoms with Crippen molar-refractivity contribution in [1.82, 2.24) is 9.55 Å². The quantitative estimate of drug-likeness (QED) is 0.751. The van der Waals surface area contributed by atoms with E-state index < -0.39 is 0 Å². The number of phenols is 1. The van der Waals surface area contributed by atoms with Crippen LogP contribution in [0.25, 0.3) is 16.7 Å². The zero-order valence-corrected chi connectivity index (χ0v) is 12.5. The third-order valence-electron chi connectivity index (χ3n) is 4.13. The molecule has 0 unspecified atom stereocenters. The monoisotopic (exact) mass is 308 g/mol. The van der Waals surface area contributed by atoms with Crippen LogP contribution in [0, 0.1) is 0 Å². The number of nitrogens with zero attached hydrogens (tertiary/aromatic N) is 2. The number of pyridine rings is 2. The van der Waals surface area contributed by atoms with Crippen molar-refractivity contribution in [3.05, 3.63) is 58.5 Å². The van der Waals surface area contributed by atoms with E-state index in [1.807, 2.05) is 12.1 Å². The molecule has 1 N–H and O–H groups in total. The van der Waals surface area contributed by atoms with Gasteiger partial charge in [-0.25, -0.2) is 4.98 Å². The van der Waals surface area contributed by atoms with Crippen LogP contribution in [0.5, 0.6) is 11.5 Å². The molecule has 116 valence electrons. The van der Waals surface area contributed by atoms with E-state index in [-0.39, 0.29) is 11.3 Å². The molecule has 1 aliphatic rings. The number of ether oxygens (including phenoxy) is 1. The predicted molar refractivity (Wildman–Crippen MR) is 87.4 cm³/mol. The highest BCUT2D eigenvalue weighted by molar-refractivity contribution is 5.85. The zero-order valence-electron chi connectivity index (χ0n) is 12.5. The van der Waals surface area contributed by atoms with Crippen LogP contribution in [-0.2, 0) is 6.42 Å². The van der Waals surface area contributed by atoms with Crippen LogP contribution in [0.3, 0.4) is 0 Å². The van der Waals surface area contributed by atoms with Gasteiger partial charge in [0, 0.05) is 12.3 Å². The fourth-order valence-corrected chi connectivity index (χ4v) is 3.08. The average molecular weight is 308 g/mol. The molecule has 0 fully saturated rings.